The van der Waals surface area contributed by atoms with E-state index in [2.05, 4.69) is 21.7 Å². The highest BCUT2D eigenvalue weighted by atomic mass is 32.1. The van der Waals surface area contributed by atoms with E-state index < -0.39 is 12.7 Å². The van der Waals surface area contributed by atoms with Gasteiger partial charge in [-0.25, -0.2) is 0 Å². The van der Waals surface area contributed by atoms with E-state index >= 15 is 0 Å². The highest BCUT2D eigenvalue weighted by molar-refractivity contribution is 7.09. The van der Waals surface area contributed by atoms with Gasteiger partial charge in [0.2, 0.25) is 0 Å². The lowest BCUT2D eigenvalue weighted by molar-refractivity contribution is -0.143. The van der Waals surface area contributed by atoms with Crippen LogP contribution in [0.5, 0.6) is 0 Å². The molecule has 1 aromatic rings. The summed E-state index contributed by atoms with van der Waals surface area (Å²) in [6.07, 6.45) is -2.62. The van der Waals surface area contributed by atoms with Gasteiger partial charge in [-0.3, -0.25) is 9.89 Å². The SMILES string of the molecule is CCNC(=NCCCN(C)CC(F)(F)F)NCCc1cccs1. The van der Waals surface area contributed by atoms with Crippen molar-refractivity contribution in [3.05, 3.63) is 22.4 Å². The number of nitrogens with zero attached hydrogens (tertiary/aromatic N) is 2. The average Bonchev–Trinajstić information content (AvgIpc) is 2.94. The minimum atomic E-state index is -4.14. The van der Waals surface area contributed by atoms with Gasteiger partial charge in [0.05, 0.1) is 6.54 Å². The Balaban J connectivity index is 2.25. The normalized spacial score (nSPS) is 12.7. The summed E-state index contributed by atoms with van der Waals surface area (Å²) >= 11 is 1.72. The molecule has 0 radical (unpaired) electrons. The Kier molecular flexibility index (Phi) is 9.01. The molecule has 132 valence electrons. The fraction of sp³-hybridized carbons (Fsp3) is 0.667. The van der Waals surface area contributed by atoms with E-state index in [0.29, 0.717) is 25.5 Å². The number of thiophene rings is 1. The molecule has 1 aromatic heterocycles. The predicted molar refractivity (Wildman–Crippen MR) is 90.2 cm³/mol. The van der Waals surface area contributed by atoms with Crippen LogP contribution in [-0.2, 0) is 6.42 Å². The smallest absolute Gasteiger partial charge is 0.357 e. The third kappa shape index (κ3) is 10.2. The van der Waals surface area contributed by atoms with Crippen molar-refractivity contribution >= 4 is 17.3 Å². The lowest BCUT2D eigenvalue weighted by atomic mass is 10.3. The van der Waals surface area contributed by atoms with Gasteiger partial charge in [-0.1, -0.05) is 6.07 Å². The molecule has 0 unspecified atom stereocenters. The molecule has 1 heterocycles. The Morgan fingerprint density at radius 2 is 2.13 bits per heavy atom. The monoisotopic (exact) mass is 350 g/mol. The van der Waals surface area contributed by atoms with Gasteiger partial charge in [-0.2, -0.15) is 13.2 Å². The zero-order valence-electron chi connectivity index (χ0n) is 13.6. The van der Waals surface area contributed by atoms with Crippen molar-refractivity contribution in [1.29, 1.82) is 0 Å². The van der Waals surface area contributed by atoms with Crippen molar-refractivity contribution in [2.45, 2.75) is 25.9 Å². The Hall–Kier alpha value is -1.28. The van der Waals surface area contributed by atoms with Gasteiger partial charge >= 0.3 is 6.18 Å². The van der Waals surface area contributed by atoms with Gasteiger partial charge in [-0.15, -0.1) is 11.3 Å². The van der Waals surface area contributed by atoms with Gasteiger partial charge in [0.1, 0.15) is 0 Å². The van der Waals surface area contributed by atoms with Crippen molar-refractivity contribution < 1.29 is 13.2 Å². The topological polar surface area (TPSA) is 39.7 Å². The Bertz CT molecular complexity index is 446. The van der Waals surface area contributed by atoms with Crippen LogP contribution >= 0.6 is 11.3 Å². The molecule has 0 spiro atoms. The first-order chi connectivity index (χ1) is 10.9. The average molecular weight is 350 g/mol. The predicted octanol–water partition coefficient (Wildman–Crippen LogP) is 2.73. The van der Waals surface area contributed by atoms with Crippen LogP contribution in [0, 0.1) is 0 Å². The lowest BCUT2D eigenvalue weighted by Gasteiger charge is -2.18. The van der Waals surface area contributed by atoms with Crippen molar-refractivity contribution in [2.24, 2.45) is 4.99 Å². The van der Waals surface area contributed by atoms with E-state index in [1.165, 1.54) is 16.8 Å². The summed E-state index contributed by atoms with van der Waals surface area (Å²) in [4.78, 5) is 6.97. The number of guanidine groups is 1. The summed E-state index contributed by atoms with van der Waals surface area (Å²) in [5, 5.41) is 8.42. The molecule has 23 heavy (non-hydrogen) atoms. The van der Waals surface area contributed by atoms with Crippen molar-refractivity contribution in [3.63, 3.8) is 0 Å². The van der Waals surface area contributed by atoms with E-state index in [0.717, 1.165) is 19.5 Å². The molecule has 0 saturated heterocycles. The number of hydrogen-bond acceptors (Lipinski definition) is 3. The number of hydrogen-bond donors (Lipinski definition) is 2. The summed E-state index contributed by atoms with van der Waals surface area (Å²) in [5.74, 6) is 0.711. The second-order valence-corrected chi connectivity index (χ2v) is 6.26. The second-order valence-electron chi connectivity index (χ2n) is 5.22. The Morgan fingerprint density at radius 1 is 1.35 bits per heavy atom. The van der Waals surface area contributed by atoms with Crippen LogP contribution in [0.3, 0.4) is 0 Å². The molecular weight excluding hydrogens is 325 g/mol. The maximum atomic E-state index is 12.2. The molecule has 8 heteroatoms. The van der Waals surface area contributed by atoms with Crippen LogP contribution in [0.15, 0.2) is 22.5 Å². The molecule has 4 nitrogen and oxygen atoms in total. The third-order valence-electron chi connectivity index (χ3n) is 3.01. The van der Waals surface area contributed by atoms with Gasteiger partial charge in [0.25, 0.3) is 0 Å². The van der Waals surface area contributed by atoms with Crippen LogP contribution in [0.4, 0.5) is 13.2 Å². The van der Waals surface area contributed by atoms with E-state index in [1.807, 2.05) is 18.4 Å². The molecule has 0 atom stereocenters. The first-order valence-electron chi connectivity index (χ1n) is 7.70. The van der Waals surface area contributed by atoms with Crippen LogP contribution in [0.2, 0.25) is 0 Å². The fourth-order valence-corrected chi connectivity index (χ4v) is 2.73. The molecule has 0 amide bonds. The summed E-state index contributed by atoms with van der Waals surface area (Å²) in [7, 11) is 1.47. The van der Waals surface area contributed by atoms with Crippen molar-refractivity contribution in [2.75, 3.05) is 39.8 Å². The van der Waals surface area contributed by atoms with Gasteiger partial charge in [0, 0.05) is 24.5 Å². The second kappa shape index (κ2) is 10.5. The molecule has 0 aliphatic rings. The molecule has 0 aliphatic heterocycles. The van der Waals surface area contributed by atoms with Gasteiger partial charge < -0.3 is 10.6 Å². The van der Waals surface area contributed by atoms with E-state index in [9.17, 15) is 13.2 Å². The maximum Gasteiger partial charge on any atom is 0.401 e. The Morgan fingerprint density at radius 3 is 2.74 bits per heavy atom. The molecule has 0 aliphatic carbocycles. The van der Waals surface area contributed by atoms with E-state index in [1.54, 1.807) is 11.3 Å². The van der Waals surface area contributed by atoms with Crippen molar-refractivity contribution in [3.8, 4) is 0 Å². The number of halogens is 3. The van der Waals surface area contributed by atoms with E-state index in [4.69, 9.17) is 0 Å². The first kappa shape index (κ1) is 19.8. The molecule has 1 rings (SSSR count). The van der Waals surface area contributed by atoms with Crippen molar-refractivity contribution in [1.82, 2.24) is 15.5 Å². The zero-order chi connectivity index (χ0) is 17.1. The standard InChI is InChI=1S/C15H25F3N4S/c1-3-19-14(21-9-7-13-6-4-11-23-13)20-8-5-10-22(2)12-15(16,17)18/h4,6,11H,3,5,7-10,12H2,1-2H3,(H2,19,20,21). The summed E-state index contributed by atoms with van der Waals surface area (Å²) in [6.45, 7) is 3.50. The Labute approximate surface area is 139 Å². The lowest BCUT2D eigenvalue weighted by Crippen LogP contribution is -2.38. The number of rotatable bonds is 9. The van der Waals surface area contributed by atoms with Gasteiger partial charge in [-0.05, 0) is 44.8 Å². The number of aliphatic imine (C=N–C) groups is 1. The molecular formula is C15H25F3N4S. The third-order valence-corrected chi connectivity index (χ3v) is 3.94. The zero-order valence-corrected chi connectivity index (χ0v) is 14.4. The van der Waals surface area contributed by atoms with Gasteiger partial charge in [0.15, 0.2) is 5.96 Å². The molecule has 0 bridgehead atoms. The molecule has 0 saturated carbocycles. The van der Waals surface area contributed by atoms with Crippen LogP contribution in [0.25, 0.3) is 0 Å². The quantitative estimate of drug-likeness (QED) is 0.409. The maximum absolute atomic E-state index is 12.2. The molecule has 0 fully saturated rings. The minimum absolute atomic E-state index is 0.373. The van der Waals surface area contributed by atoms with Crippen LogP contribution in [0.1, 0.15) is 18.2 Å². The first-order valence-corrected chi connectivity index (χ1v) is 8.58. The minimum Gasteiger partial charge on any atom is -0.357 e. The van der Waals surface area contributed by atoms with Crippen LogP contribution in [-0.4, -0.2) is 56.8 Å². The van der Waals surface area contributed by atoms with Crippen LogP contribution < -0.4 is 10.6 Å². The summed E-state index contributed by atoms with van der Waals surface area (Å²) in [5.41, 5.74) is 0. The molecule has 0 aromatic carbocycles. The molecule has 2 N–H and O–H groups in total. The highest BCUT2D eigenvalue weighted by Gasteiger charge is 2.28. The van der Waals surface area contributed by atoms with E-state index in [-0.39, 0.29) is 0 Å². The summed E-state index contributed by atoms with van der Waals surface area (Å²) in [6, 6.07) is 4.11. The number of nitrogens with one attached hydrogen (secondary N) is 2. The summed E-state index contributed by atoms with van der Waals surface area (Å²) < 4.78 is 36.6. The fourth-order valence-electron chi connectivity index (χ4n) is 2.02. The largest absolute Gasteiger partial charge is 0.401 e. The number of alkyl halides is 3. The highest BCUT2D eigenvalue weighted by Crippen LogP contribution is 2.15.